The maximum atomic E-state index is 5.41. The van der Waals surface area contributed by atoms with Gasteiger partial charge in [-0.3, -0.25) is 0 Å². The summed E-state index contributed by atoms with van der Waals surface area (Å²) < 4.78 is 5.41. The summed E-state index contributed by atoms with van der Waals surface area (Å²) >= 11 is 1.82. The van der Waals surface area contributed by atoms with Crippen LogP contribution in [0.2, 0.25) is 0 Å². The molecular formula is C14H19NOS. The van der Waals surface area contributed by atoms with Gasteiger partial charge in [-0.25, -0.2) is 0 Å². The highest BCUT2D eigenvalue weighted by Gasteiger charge is 2.16. The summed E-state index contributed by atoms with van der Waals surface area (Å²) in [6.07, 6.45) is 3.97. The zero-order valence-electron chi connectivity index (χ0n) is 10.4. The molecule has 0 aliphatic heterocycles. The lowest BCUT2D eigenvalue weighted by Gasteiger charge is -2.17. The Morgan fingerprint density at radius 2 is 2.29 bits per heavy atom. The molecule has 3 heteroatoms. The minimum atomic E-state index is 0.368. The average molecular weight is 249 g/mol. The summed E-state index contributed by atoms with van der Waals surface area (Å²) in [5, 5.41) is 5.73. The van der Waals surface area contributed by atoms with Gasteiger partial charge in [-0.15, -0.1) is 11.3 Å². The van der Waals surface area contributed by atoms with Crippen molar-refractivity contribution >= 4 is 11.3 Å². The molecule has 0 aliphatic rings. The van der Waals surface area contributed by atoms with Gasteiger partial charge in [0.2, 0.25) is 0 Å². The van der Waals surface area contributed by atoms with Crippen LogP contribution in [-0.2, 0) is 6.42 Å². The van der Waals surface area contributed by atoms with Crippen LogP contribution in [-0.4, -0.2) is 6.54 Å². The second-order valence-corrected chi connectivity index (χ2v) is 5.25. The van der Waals surface area contributed by atoms with Crippen molar-refractivity contribution in [2.75, 3.05) is 6.54 Å². The molecule has 0 fully saturated rings. The molecule has 92 valence electrons. The lowest BCUT2D eigenvalue weighted by molar-refractivity contribution is 0.495. The first-order chi connectivity index (χ1) is 8.31. The van der Waals surface area contributed by atoms with Gasteiger partial charge in [-0.05, 0) is 37.4 Å². The van der Waals surface area contributed by atoms with Crippen molar-refractivity contribution in [1.82, 2.24) is 5.32 Å². The number of hydrogen-bond acceptors (Lipinski definition) is 3. The predicted octanol–water partition coefficient (Wildman–Crippen LogP) is 3.93. The van der Waals surface area contributed by atoms with Crippen molar-refractivity contribution in [1.29, 1.82) is 0 Å². The summed E-state index contributed by atoms with van der Waals surface area (Å²) in [4.78, 5) is 1.42. The van der Waals surface area contributed by atoms with Crippen molar-refractivity contribution < 1.29 is 4.42 Å². The molecule has 1 N–H and O–H groups in total. The normalized spacial score (nSPS) is 12.8. The molecule has 0 amide bonds. The third-order valence-electron chi connectivity index (χ3n) is 2.90. The van der Waals surface area contributed by atoms with Gasteiger partial charge in [0.1, 0.15) is 5.76 Å². The first-order valence-corrected chi connectivity index (χ1v) is 6.99. The van der Waals surface area contributed by atoms with E-state index in [4.69, 9.17) is 4.42 Å². The Kier molecular flexibility index (Phi) is 4.40. The molecule has 0 spiro atoms. The van der Waals surface area contributed by atoms with Crippen LogP contribution in [0.3, 0.4) is 0 Å². The van der Waals surface area contributed by atoms with E-state index in [0.29, 0.717) is 6.04 Å². The van der Waals surface area contributed by atoms with E-state index in [-0.39, 0.29) is 0 Å². The Bertz CT molecular complexity index is 433. The summed E-state index contributed by atoms with van der Waals surface area (Å²) in [6.45, 7) is 5.27. The molecule has 0 saturated heterocycles. The number of furan rings is 1. The minimum absolute atomic E-state index is 0.368. The van der Waals surface area contributed by atoms with Gasteiger partial charge in [-0.1, -0.05) is 13.0 Å². The van der Waals surface area contributed by atoms with E-state index < -0.39 is 0 Å². The monoisotopic (exact) mass is 249 g/mol. The van der Waals surface area contributed by atoms with Gasteiger partial charge in [0, 0.05) is 22.9 Å². The van der Waals surface area contributed by atoms with Crippen LogP contribution in [0, 0.1) is 6.92 Å². The molecule has 0 bridgehead atoms. The maximum Gasteiger partial charge on any atom is 0.105 e. The Balaban J connectivity index is 2.11. The molecule has 1 atom stereocenters. The highest BCUT2D eigenvalue weighted by atomic mass is 32.1. The number of rotatable bonds is 6. The van der Waals surface area contributed by atoms with E-state index in [1.807, 2.05) is 18.3 Å². The third kappa shape index (κ3) is 3.20. The van der Waals surface area contributed by atoms with Crippen molar-refractivity contribution in [3.63, 3.8) is 0 Å². The fourth-order valence-corrected chi connectivity index (χ4v) is 2.75. The zero-order valence-corrected chi connectivity index (χ0v) is 11.2. The van der Waals surface area contributed by atoms with E-state index in [9.17, 15) is 0 Å². The summed E-state index contributed by atoms with van der Waals surface area (Å²) in [5.41, 5.74) is 1.28. The largest absolute Gasteiger partial charge is 0.469 e. The Labute approximate surface area is 107 Å². The van der Waals surface area contributed by atoms with Crippen LogP contribution >= 0.6 is 11.3 Å². The highest BCUT2D eigenvalue weighted by molar-refractivity contribution is 7.09. The van der Waals surface area contributed by atoms with Crippen LogP contribution in [0.1, 0.15) is 35.6 Å². The van der Waals surface area contributed by atoms with E-state index in [2.05, 4.69) is 35.8 Å². The van der Waals surface area contributed by atoms with Gasteiger partial charge >= 0.3 is 0 Å². The molecule has 0 aromatic carbocycles. The fraction of sp³-hybridized carbons (Fsp3) is 0.429. The van der Waals surface area contributed by atoms with E-state index in [1.165, 1.54) is 10.4 Å². The lowest BCUT2D eigenvalue weighted by Crippen LogP contribution is -2.24. The van der Waals surface area contributed by atoms with Crippen molar-refractivity contribution in [3.05, 3.63) is 46.0 Å². The minimum Gasteiger partial charge on any atom is -0.469 e. The van der Waals surface area contributed by atoms with Crippen molar-refractivity contribution in [2.45, 2.75) is 32.7 Å². The summed E-state index contributed by atoms with van der Waals surface area (Å²) in [7, 11) is 0. The van der Waals surface area contributed by atoms with Gasteiger partial charge < -0.3 is 9.73 Å². The quantitative estimate of drug-likeness (QED) is 0.839. The van der Waals surface area contributed by atoms with Crippen LogP contribution < -0.4 is 5.32 Å². The summed E-state index contributed by atoms with van der Waals surface area (Å²) in [5.74, 6) is 1.02. The van der Waals surface area contributed by atoms with Gasteiger partial charge in [0.15, 0.2) is 0 Å². The topological polar surface area (TPSA) is 25.2 Å². The molecule has 0 saturated carbocycles. The predicted molar refractivity (Wildman–Crippen MR) is 72.5 cm³/mol. The van der Waals surface area contributed by atoms with E-state index >= 15 is 0 Å². The standard InChI is InChI=1S/C14H19NOS/c1-3-7-15-14(10-12-5-4-9-17-12)13-6-8-16-11(13)2/h4-6,8-9,14-15H,3,7,10H2,1-2H3. The third-order valence-corrected chi connectivity index (χ3v) is 3.80. The molecule has 1 unspecified atom stereocenters. The Hall–Kier alpha value is -1.06. The second kappa shape index (κ2) is 6.03. The fourth-order valence-electron chi connectivity index (χ4n) is 2.00. The van der Waals surface area contributed by atoms with Crippen LogP contribution in [0.5, 0.6) is 0 Å². The number of aryl methyl sites for hydroxylation is 1. The highest BCUT2D eigenvalue weighted by Crippen LogP contribution is 2.24. The number of nitrogens with one attached hydrogen (secondary N) is 1. The number of thiophene rings is 1. The Morgan fingerprint density at radius 3 is 2.88 bits per heavy atom. The SMILES string of the molecule is CCCNC(Cc1cccs1)c1ccoc1C. The molecule has 2 heterocycles. The van der Waals surface area contributed by atoms with E-state index in [1.54, 1.807) is 6.26 Å². The van der Waals surface area contributed by atoms with Crippen LogP contribution in [0.15, 0.2) is 34.3 Å². The lowest BCUT2D eigenvalue weighted by atomic mass is 10.0. The molecule has 2 nitrogen and oxygen atoms in total. The second-order valence-electron chi connectivity index (χ2n) is 4.22. The van der Waals surface area contributed by atoms with Crippen LogP contribution in [0.4, 0.5) is 0 Å². The first-order valence-electron chi connectivity index (χ1n) is 6.11. The van der Waals surface area contributed by atoms with E-state index in [0.717, 1.165) is 25.1 Å². The zero-order chi connectivity index (χ0) is 12.1. The molecular weight excluding hydrogens is 230 g/mol. The Morgan fingerprint density at radius 1 is 1.41 bits per heavy atom. The van der Waals surface area contributed by atoms with Crippen molar-refractivity contribution in [2.24, 2.45) is 0 Å². The van der Waals surface area contributed by atoms with Crippen LogP contribution in [0.25, 0.3) is 0 Å². The van der Waals surface area contributed by atoms with Crippen molar-refractivity contribution in [3.8, 4) is 0 Å². The smallest absolute Gasteiger partial charge is 0.105 e. The van der Waals surface area contributed by atoms with Gasteiger partial charge in [0.25, 0.3) is 0 Å². The molecule has 2 rings (SSSR count). The maximum absolute atomic E-state index is 5.41. The summed E-state index contributed by atoms with van der Waals surface area (Å²) in [6, 6.07) is 6.75. The average Bonchev–Trinajstić information content (AvgIpc) is 2.95. The molecule has 2 aromatic rings. The number of hydrogen-bond donors (Lipinski definition) is 1. The molecule has 17 heavy (non-hydrogen) atoms. The first kappa shape index (κ1) is 12.4. The van der Waals surface area contributed by atoms with Gasteiger partial charge in [0.05, 0.1) is 6.26 Å². The van der Waals surface area contributed by atoms with Gasteiger partial charge in [-0.2, -0.15) is 0 Å². The molecule has 2 aromatic heterocycles. The molecule has 0 aliphatic carbocycles. The molecule has 0 radical (unpaired) electrons.